The molecule has 21 heavy (non-hydrogen) atoms. The largest absolute Gasteiger partial charge is 0.302 e. The summed E-state index contributed by atoms with van der Waals surface area (Å²) in [5.41, 5.74) is 1.35. The summed E-state index contributed by atoms with van der Waals surface area (Å²) >= 11 is 2.04. The van der Waals surface area contributed by atoms with E-state index >= 15 is 0 Å². The van der Waals surface area contributed by atoms with E-state index in [9.17, 15) is 0 Å². The van der Waals surface area contributed by atoms with Gasteiger partial charge in [-0.1, -0.05) is 17.7 Å². The smallest absolute Gasteiger partial charge is 0.0317 e. The standard InChI is InChI=1S/C18H28N2S/c1-16-6-8-18(9-7-16)21-15-17(20-12-4-5-13-20)14-19-10-2-3-11-19/h6-9,17H,2-5,10-15H2,1H3. The van der Waals surface area contributed by atoms with Crippen LogP contribution in [0.2, 0.25) is 0 Å². The van der Waals surface area contributed by atoms with E-state index in [1.54, 1.807) is 0 Å². The van der Waals surface area contributed by atoms with E-state index in [1.165, 1.54) is 74.6 Å². The van der Waals surface area contributed by atoms with Gasteiger partial charge in [0, 0.05) is 23.2 Å². The second kappa shape index (κ2) is 7.66. The molecule has 2 aliphatic heterocycles. The number of nitrogens with zero attached hydrogens (tertiary/aromatic N) is 2. The van der Waals surface area contributed by atoms with Gasteiger partial charge in [0.25, 0.3) is 0 Å². The van der Waals surface area contributed by atoms with Gasteiger partial charge in [-0.2, -0.15) is 0 Å². The summed E-state index contributed by atoms with van der Waals surface area (Å²) in [7, 11) is 0. The first-order valence-corrected chi connectivity index (χ1v) is 9.46. The predicted octanol–water partition coefficient (Wildman–Crippen LogP) is 3.65. The van der Waals surface area contributed by atoms with E-state index in [-0.39, 0.29) is 0 Å². The Balaban J connectivity index is 1.56. The molecule has 1 atom stereocenters. The fourth-order valence-electron chi connectivity index (χ4n) is 3.47. The van der Waals surface area contributed by atoms with Gasteiger partial charge in [0.15, 0.2) is 0 Å². The first kappa shape index (κ1) is 15.4. The maximum Gasteiger partial charge on any atom is 0.0317 e. The minimum atomic E-state index is 0.733. The van der Waals surface area contributed by atoms with Crippen LogP contribution in [0, 0.1) is 6.92 Å². The van der Waals surface area contributed by atoms with E-state index in [4.69, 9.17) is 0 Å². The maximum atomic E-state index is 2.74. The average Bonchev–Trinajstić information content (AvgIpc) is 3.18. The molecule has 1 unspecified atom stereocenters. The number of hydrogen-bond acceptors (Lipinski definition) is 3. The monoisotopic (exact) mass is 304 g/mol. The lowest BCUT2D eigenvalue weighted by molar-refractivity contribution is 0.195. The third-order valence-electron chi connectivity index (χ3n) is 4.79. The second-order valence-corrected chi connectivity index (χ2v) is 7.62. The lowest BCUT2D eigenvalue weighted by Crippen LogP contribution is -2.43. The third-order valence-corrected chi connectivity index (χ3v) is 5.94. The quantitative estimate of drug-likeness (QED) is 0.741. The SMILES string of the molecule is Cc1ccc(SCC(CN2CCCC2)N2CCCC2)cc1. The van der Waals surface area contributed by atoms with Crippen LogP contribution < -0.4 is 0 Å². The van der Waals surface area contributed by atoms with Gasteiger partial charge in [-0.15, -0.1) is 11.8 Å². The highest BCUT2D eigenvalue weighted by atomic mass is 32.2. The molecule has 0 bridgehead atoms. The summed E-state index contributed by atoms with van der Waals surface area (Å²) in [6.45, 7) is 8.70. The average molecular weight is 305 g/mol. The van der Waals surface area contributed by atoms with E-state index in [2.05, 4.69) is 41.0 Å². The molecule has 0 radical (unpaired) electrons. The number of benzene rings is 1. The molecule has 1 aromatic carbocycles. The van der Waals surface area contributed by atoms with E-state index in [1.807, 2.05) is 11.8 Å². The number of hydrogen-bond donors (Lipinski definition) is 0. The van der Waals surface area contributed by atoms with Crippen LogP contribution in [0.4, 0.5) is 0 Å². The molecular formula is C18H28N2S. The van der Waals surface area contributed by atoms with Crippen molar-refractivity contribution in [2.24, 2.45) is 0 Å². The van der Waals surface area contributed by atoms with Gasteiger partial charge in [0.2, 0.25) is 0 Å². The van der Waals surface area contributed by atoms with Crippen LogP contribution in [0.15, 0.2) is 29.2 Å². The third kappa shape index (κ3) is 4.48. The first-order valence-electron chi connectivity index (χ1n) is 8.47. The van der Waals surface area contributed by atoms with E-state index in [0.717, 1.165) is 6.04 Å². The fraction of sp³-hybridized carbons (Fsp3) is 0.667. The Labute approximate surface area is 133 Å². The summed E-state index contributed by atoms with van der Waals surface area (Å²) in [4.78, 5) is 6.84. The normalized spacial score (nSPS) is 22.0. The number of thioether (sulfide) groups is 1. The summed E-state index contributed by atoms with van der Waals surface area (Å²) in [6, 6.07) is 9.74. The molecule has 3 rings (SSSR count). The Kier molecular flexibility index (Phi) is 5.61. The fourth-order valence-corrected chi connectivity index (χ4v) is 4.50. The Hall–Kier alpha value is -0.510. The van der Waals surface area contributed by atoms with Crippen molar-refractivity contribution >= 4 is 11.8 Å². The van der Waals surface area contributed by atoms with Crippen molar-refractivity contribution in [3.05, 3.63) is 29.8 Å². The van der Waals surface area contributed by atoms with Crippen molar-refractivity contribution < 1.29 is 0 Å². The highest BCUT2D eigenvalue weighted by Crippen LogP contribution is 2.24. The highest BCUT2D eigenvalue weighted by molar-refractivity contribution is 7.99. The highest BCUT2D eigenvalue weighted by Gasteiger charge is 2.25. The van der Waals surface area contributed by atoms with Crippen molar-refractivity contribution in [2.75, 3.05) is 38.5 Å². The molecule has 0 aromatic heterocycles. The molecule has 0 saturated carbocycles. The summed E-state index contributed by atoms with van der Waals surface area (Å²) in [5.74, 6) is 1.24. The molecule has 0 spiro atoms. The zero-order valence-corrected chi connectivity index (χ0v) is 14.1. The van der Waals surface area contributed by atoms with Gasteiger partial charge < -0.3 is 4.90 Å². The van der Waals surface area contributed by atoms with E-state index in [0.29, 0.717) is 0 Å². The summed E-state index contributed by atoms with van der Waals surface area (Å²) in [6.07, 6.45) is 5.59. The molecule has 0 N–H and O–H groups in total. The molecule has 0 aliphatic carbocycles. The number of likely N-dealkylation sites (tertiary alicyclic amines) is 2. The maximum absolute atomic E-state index is 2.74. The molecular weight excluding hydrogens is 276 g/mol. The predicted molar refractivity (Wildman–Crippen MR) is 92.2 cm³/mol. The molecule has 0 amide bonds. The van der Waals surface area contributed by atoms with Crippen LogP contribution in [0.25, 0.3) is 0 Å². The first-order chi connectivity index (χ1) is 10.3. The van der Waals surface area contributed by atoms with Crippen molar-refractivity contribution in [1.82, 2.24) is 9.80 Å². The van der Waals surface area contributed by atoms with Crippen LogP contribution in [-0.4, -0.2) is 54.3 Å². The lowest BCUT2D eigenvalue weighted by Gasteiger charge is -2.31. The zero-order valence-electron chi connectivity index (χ0n) is 13.3. The minimum Gasteiger partial charge on any atom is -0.302 e. The Morgan fingerprint density at radius 3 is 2.24 bits per heavy atom. The van der Waals surface area contributed by atoms with Gasteiger partial charge in [-0.05, 0) is 70.9 Å². The lowest BCUT2D eigenvalue weighted by atomic mass is 10.2. The van der Waals surface area contributed by atoms with Crippen molar-refractivity contribution in [3.8, 4) is 0 Å². The minimum absolute atomic E-state index is 0.733. The van der Waals surface area contributed by atoms with Crippen molar-refractivity contribution in [3.63, 3.8) is 0 Å². The van der Waals surface area contributed by atoms with Crippen molar-refractivity contribution in [2.45, 2.75) is 43.5 Å². The number of rotatable bonds is 6. The second-order valence-electron chi connectivity index (χ2n) is 6.53. The van der Waals surface area contributed by atoms with E-state index < -0.39 is 0 Å². The molecule has 2 heterocycles. The summed E-state index contributed by atoms with van der Waals surface area (Å²) < 4.78 is 0. The van der Waals surface area contributed by atoms with Gasteiger partial charge in [0.1, 0.15) is 0 Å². The number of aryl methyl sites for hydroxylation is 1. The Bertz CT molecular complexity index is 419. The Morgan fingerprint density at radius 1 is 0.952 bits per heavy atom. The van der Waals surface area contributed by atoms with Crippen LogP contribution in [0.3, 0.4) is 0 Å². The van der Waals surface area contributed by atoms with Gasteiger partial charge in [-0.3, -0.25) is 4.90 Å². The summed E-state index contributed by atoms with van der Waals surface area (Å²) in [5, 5.41) is 0. The van der Waals surface area contributed by atoms with Gasteiger partial charge in [0.05, 0.1) is 0 Å². The molecule has 1 aromatic rings. The van der Waals surface area contributed by atoms with Crippen LogP contribution in [-0.2, 0) is 0 Å². The van der Waals surface area contributed by atoms with Crippen LogP contribution >= 0.6 is 11.8 Å². The van der Waals surface area contributed by atoms with Crippen molar-refractivity contribution in [1.29, 1.82) is 0 Å². The zero-order chi connectivity index (χ0) is 14.5. The topological polar surface area (TPSA) is 6.48 Å². The molecule has 2 aliphatic rings. The molecule has 116 valence electrons. The van der Waals surface area contributed by atoms with Gasteiger partial charge >= 0.3 is 0 Å². The molecule has 2 nitrogen and oxygen atoms in total. The molecule has 3 heteroatoms. The van der Waals surface area contributed by atoms with Crippen LogP contribution in [0.1, 0.15) is 31.2 Å². The molecule has 2 saturated heterocycles. The van der Waals surface area contributed by atoms with Gasteiger partial charge in [-0.25, -0.2) is 0 Å². The Morgan fingerprint density at radius 2 is 1.57 bits per heavy atom. The van der Waals surface area contributed by atoms with Crippen LogP contribution in [0.5, 0.6) is 0 Å². The molecule has 2 fully saturated rings.